The van der Waals surface area contributed by atoms with E-state index in [0.29, 0.717) is 0 Å². The minimum atomic E-state index is 0.845. The van der Waals surface area contributed by atoms with Crippen LogP contribution < -0.4 is 4.90 Å². The van der Waals surface area contributed by atoms with E-state index in [1.165, 1.54) is 4.88 Å². The third-order valence-electron chi connectivity index (χ3n) is 4.04. The number of hydrogen-bond donors (Lipinski definition) is 0. The topological polar surface area (TPSA) is 49.6 Å². The quantitative estimate of drug-likeness (QED) is 0.738. The molecule has 0 aliphatic carbocycles. The molecule has 1 aliphatic rings. The van der Waals surface area contributed by atoms with Gasteiger partial charge in [0, 0.05) is 37.6 Å². The molecule has 0 saturated carbocycles. The Balaban J connectivity index is 1.49. The van der Waals surface area contributed by atoms with Gasteiger partial charge in [-0.05, 0) is 24.4 Å². The number of rotatable bonds is 3. The summed E-state index contributed by atoms with van der Waals surface area (Å²) in [6, 6.07) is 6.44. The first-order chi connectivity index (χ1) is 10.8. The van der Waals surface area contributed by atoms with Gasteiger partial charge < -0.3 is 4.90 Å². The largest absolute Gasteiger partial charge is 0.366 e. The first-order valence-electron chi connectivity index (χ1n) is 7.47. The maximum atomic E-state index is 4.41. The molecule has 1 aliphatic heterocycles. The lowest BCUT2D eigenvalue weighted by molar-refractivity contribution is 0.252. The van der Waals surface area contributed by atoms with Gasteiger partial charge in [-0.25, -0.2) is 0 Å². The van der Waals surface area contributed by atoms with Gasteiger partial charge in [-0.1, -0.05) is 6.07 Å². The molecule has 0 bridgehead atoms. The van der Waals surface area contributed by atoms with Crippen LogP contribution in [0.15, 0.2) is 29.9 Å². The van der Waals surface area contributed by atoms with Gasteiger partial charge in [0.2, 0.25) is 5.65 Å². The maximum absolute atomic E-state index is 4.41. The number of anilines is 1. The molecule has 6 nitrogen and oxygen atoms in total. The Labute approximate surface area is 133 Å². The van der Waals surface area contributed by atoms with Gasteiger partial charge in [-0.3, -0.25) is 4.90 Å². The number of aryl methyl sites for hydroxylation is 1. The van der Waals surface area contributed by atoms with Crippen LogP contribution in [0, 0.1) is 6.92 Å². The van der Waals surface area contributed by atoms with Crippen LogP contribution in [0.4, 0.5) is 5.69 Å². The molecule has 3 aromatic heterocycles. The maximum Gasteiger partial charge on any atom is 0.200 e. The van der Waals surface area contributed by atoms with Crippen LogP contribution in [0.5, 0.6) is 0 Å². The molecule has 0 unspecified atom stereocenters. The monoisotopic (exact) mass is 314 g/mol. The van der Waals surface area contributed by atoms with Gasteiger partial charge in [-0.15, -0.1) is 21.5 Å². The summed E-state index contributed by atoms with van der Waals surface area (Å²) in [5, 5.41) is 14.7. The lowest BCUT2D eigenvalue weighted by Crippen LogP contribution is -2.46. The molecular formula is C15H18N6S. The molecule has 0 aromatic carbocycles. The highest BCUT2D eigenvalue weighted by atomic mass is 32.1. The van der Waals surface area contributed by atoms with Crippen LogP contribution in [0.3, 0.4) is 0 Å². The van der Waals surface area contributed by atoms with E-state index in [0.717, 1.165) is 49.8 Å². The summed E-state index contributed by atoms with van der Waals surface area (Å²) < 4.78 is 1.77. The fourth-order valence-corrected chi connectivity index (χ4v) is 3.68. The molecule has 3 aromatic rings. The molecule has 0 radical (unpaired) electrons. The summed E-state index contributed by atoms with van der Waals surface area (Å²) in [6.45, 7) is 7.23. The van der Waals surface area contributed by atoms with Crippen LogP contribution in [0.25, 0.3) is 5.65 Å². The normalized spacial score (nSPS) is 16.5. The molecule has 114 valence electrons. The summed E-state index contributed by atoms with van der Waals surface area (Å²) in [5.74, 6) is 0. The Bertz CT molecular complexity index is 758. The van der Waals surface area contributed by atoms with Gasteiger partial charge in [0.25, 0.3) is 0 Å². The minimum Gasteiger partial charge on any atom is -0.366 e. The molecule has 1 fully saturated rings. The van der Waals surface area contributed by atoms with Gasteiger partial charge in [0.05, 0.1) is 11.4 Å². The number of aromatic nitrogens is 4. The number of fused-ring (bicyclic) bond motifs is 1. The van der Waals surface area contributed by atoms with Crippen molar-refractivity contribution in [3.05, 3.63) is 40.5 Å². The van der Waals surface area contributed by atoms with Gasteiger partial charge in [-0.2, -0.15) is 9.61 Å². The summed E-state index contributed by atoms with van der Waals surface area (Å²) in [4.78, 5) is 6.34. The molecule has 1 saturated heterocycles. The number of nitrogens with zero attached hydrogens (tertiary/aromatic N) is 6. The van der Waals surface area contributed by atoms with Gasteiger partial charge in [0.15, 0.2) is 0 Å². The zero-order chi connectivity index (χ0) is 14.9. The lowest BCUT2D eigenvalue weighted by atomic mass is 10.2. The van der Waals surface area contributed by atoms with E-state index in [1.54, 1.807) is 10.8 Å². The van der Waals surface area contributed by atoms with Crippen LogP contribution >= 0.6 is 11.3 Å². The first kappa shape index (κ1) is 13.7. The average Bonchev–Trinajstić information content (AvgIpc) is 3.18. The highest BCUT2D eigenvalue weighted by Gasteiger charge is 2.20. The van der Waals surface area contributed by atoms with E-state index in [4.69, 9.17) is 0 Å². The van der Waals surface area contributed by atoms with Crippen LogP contribution in [-0.4, -0.2) is 50.9 Å². The zero-order valence-corrected chi connectivity index (χ0v) is 13.3. The predicted molar refractivity (Wildman–Crippen MR) is 87.3 cm³/mol. The van der Waals surface area contributed by atoms with E-state index in [9.17, 15) is 0 Å². The van der Waals surface area contributed by atoms with Crippen molar-refractivity contribution in [1.29, 1.82) is 0 Å². The second kappa shape index (κ2) is 5.66. The first-order valence-corrected chi connectivity index (χ1v) is 8.35. The van der Waals surface area contributed by atoms with Crippen LogP contribution in [0.2, 0.25) is 0 Å². The van der Waals surface area contributed by atoms with Crippen molar-refractivity contribution in [2.45, 2.75) is 13.5 Å². The Kier molecular flexibility index (Phi) is 3.51. The Morgan fingerprint density at radius 2 is 2.09 bits per heavy atom. The summed E-state index contributed by atoms with van der Waals surface area (Å²) in [6.07, 6.45) is 1.67. The van der Waals surface area contributed by atoms with Gasteiger partial charge in [0.1, 0.15) is 6.33 Å². The smallest absolute Gasteiger partial charge is 0.200 e. The van der Waals surface area contributed by atoms with Crippen LogP contribution in [-0.2, 0) is 6.54 Å². The number of thiophene rings is 1. The van der Waals surface area contributed by atoms with E-state index >= 15 is 0 Å². The standard InChI is InChI=1S/C15H18N6S/c1-12-9-14(15-17-16-11-21(15)18-12)20-6-4-19(5-7-20)10-13-3-2-8-22-13/h2-3,8-9,11H,4-7,10H2,1H3. The Morgan fingerprint density at radius 1 is 1.23 bits per heavy atom. The van der Waals surface area contributed by atoms with E-state index in [1.807, 2.05) is 18.3 Å². The lowest BCUT2D eigenvalue weighted by Gasteiger charge is -2.35. The Morgan fingerprint density at radius 3 is 2.86 bits per heavy atom. The molecule has 4 rings (SSSR count). The molecule has 0 spiro atoms. The van der Waals surface area contributed by atoms with Crippen molar-refractivity contribution in [2.24, 2.45) is 0 Å². The second-order valence-corrected chi connectivity index (χ2v) is 6.64. The van der Waals surface area contributed by atoms with Crippen molar-refractivity contribution in [3.8, 4) is 0 Å². The van der Waals surface area contributed by atoms with Crippen molar-refractivity contribution in [3.63, 3.8) is 0 Å². The molecule has 0 N–H and O–H groups in total. The summed E-state index contributed by atoms with van der Waals surface area (Å²) in [7, 11) is 0. The fourth-order valence-electron chi connectivity index (χ4n) is 2.94. The zero-order valence-electron chi connectivity index (χ0n) is 12.5. The van der Waals surface area contributed by atoms with Crippen molar-refractivity contribution < 1.29 is 0 Å². The molecule has 7 heteroatoms. The Hall–Kier alpha value is -1.99. The SMILES string of the molecule is Cc1cc(N2CCN(Cc3cccs3)CC2)c2nncn2n1. The molecule has 0 amide bonds. The molecular weight excluding hydrogens is 296 g/mol. The van der Waals surface area contributed by atoms with E-state index < -0.39 is 0 Å². The van der Waals surface area contributed by atoms with E-state index in [2.05, 4.69) is 48.7 Å². The molecule has 22 heavy (non-hydrogen) atoms. The van der Waals surface area contributed by atoms with Crippen molar-refractivity contribution >= 4 is 22.7 Å². The third kappa shape index (κ3) is 2.57. The van der Waals surface area contributed by atoms with Gasteiger partial charge >= 0.3 is 0 Å². The van der Waals surface area contributed by atoms with Crippen LogP contribution in [0.1, 0.15) is 10.6 Å². The third-order valence-corrected chi connectivity index (χ3v) is 4.90. The average molecular weight is 314 g/mol. The second-order valence-electron chi connectivity index (χ2n) is 5.61. The predicted octanol–water partition coefficient (Wildman–Crippen LogP) is 1.82. The van der Waals surface area contributed by atoms with E-state index in [-0.39, 0.29) is 0 Å². The fraction of sp³-hybridized carbons (Fsp3) is 0.400. The molecule has 0 atom stereocenters. The number of hydrogen-bond acceptors (Lipinski definition) is 6. The molecule has 4 heterocycles. The summed E-state index contributed by atoms with van der Waals surface area (Å²) >= 11 is 1.83. The minimum absolute atomic E-state index is 0.845. The van der Waals surface area contributed by atoms with Crippen molar-refractivity contribution in [2.75, 3.05) is 31.1 Å². The highest BCUT2D eigenvalue weighted by Crippen LogP contribution is 2.22. The summed E-state index contributed by atoms with van der Waals surface area (Å²) in [5.41, 5.74) is 2.97. The number of piperazine rings is 1. The highest BCUT2D eigenvalue weighted by molar-refractivity contribution is 7.09. The van der Waals surface area contributed by atoms with Crippen molar-refractivity contribution in [1.82, 2.24) is 24.7 Å².